The normalized spacial score (nSPS) is 21.2. The van der Waals surface area contributed by atoms with Crippen molar-refractivity contribution in [2.24, 2.45) is 5.92 Å². The van der Waals surface area contributed by atoms with Gasteiger partial charge in [-0.3, -0.25) is 19.3 Å². The summed E-state index contributed by atoms with van der Waals surface area (Å²) >= 11 is 0. The van der Waals surface area contributed by atoms with Gasteiger partial charge < -0.3 is 25.8 Å². The first kappa shape index (κ1) is 31.5. The molecule has 5 rings (SSSR count). The van der Waals surface area contributed by atoms with Crippen LogP contribution in [0.2, 0.25) is 0 Å². The van der Waals surface area contributed by atoms with Crippen molar-refractivity contribution in [1.29, 1.82) is 0 Å². The van der Waals surface area contributed by atoms with Crippen LogP contribution in [0.4, 0.5) is 0 Å². The number of aliphatic hydroxyl groups is 1. The zero-order valence-electron chi connectivity index (χ0n) is 24.9. The number of ether oxygens (including phenoxy) is 1. The number of fused-ring (bicyclic) bond motifs is 10. The van der Waals surface area contributed by atoms with E-state index in [0.29, 0.717) is 17.7 Å². The van der Waals surface area contributed by atoms with Crippen LogP contribution in [0.1, 0.15) is 36.6 Å². The van der Waals surface area contributed by atoms with Crippen LogP contribution in [0, 0.1) is 5.92 Å². The first-order valence-corrected chi connectivity index (χ1v) is 14.4. The molecule has 2 aliphatic rings. The fourth-order valence-corrected chi connectivity index (χ4v) is 4.98. The van der Waals surface area contributed by atoms with Crippen molar-refractivity contribution in [3.05, 3.63) is 108 Å². The SMILES string of the molecule is CC(C)[C@@H]1Oc2ccc(cc2)/C=C\NC(=O)[C@@H]([C@H](O)c2ccccc2)NC(=O)[C@@H]1NC(=O)[C@H](Cc1ccccc1)N(C)C. The van der Waals surface area contributed by atoms with Gasteiger partial charge in [0, 0.05) is 6.20 Å². The van der Waals surface area contributed by atoms with E-state index in [1.165, 1.54) is 6.20 Å². The molecule has 9 nitrogen and oxygen atoms in total. The van der Waals surface area contributed by atoms with Gasteiger partial charge in [0.15, 0.2) is 0 Å². The smallest absolute Gasteiger partial charge is 0.249 e. The number of aliphatic hydroxyl groups excluding tert-OH is 1. The number of carbonyl (C=O) groups is 3. The molecule has 2 heterocycles. The minimum atomic E-state index is -1.36. The van der Waals surface area contributed by atoms with Crippen LogP contribution in [-0.4, -0.2) is 66.1 Å². The Bertz CT molecular complexity index is 1390. The van der Waals surface area contributed by atoms with Crippen LogP contribution >= 0.6 is 0 Å². The van der Waals surface area contributed by atoms with E-state index >= 15 is 0 Å². The second-order valence-corrected chi connectivity index (χ2v) is 11.2. The summed E-state index contributed by atoms with van der Waals surface area (Å²) in [6.07, 6.45) is 1.44. The fourth-order valence-electron chi connectivity index (χ4n) is 4.98. The Labute approximate surface area is 252 Å². The maximum atomic E-state index is 14.1. The third-order valence-corrected chi connectivity index (χ3v) is 7.45. The van der Waals surface area contributed by atoms with E-state index < -0.39 is 42.1 Å². The molecular weight excluding hydrogens is 544 g/mol. The highest BCUT2D eigenvalue weighted by molar-refractivity contribution is 5.94. The predicted octanol–water partition coefficient (Wildman–Crippen LogP) is 3.07. The third kappa shape index (κ3) is 8.30. The second-order valence-electron chi connectivity index (χ2n) is 11.2. The number of amides is 3. The summed E-state index contributed by atoms with van der Waals surface area (Å²) in [6.45, 7) is 3.79. The Morgan fingerprint density at radius 3 is 2.16 bits per heavy atom. The summed E-state index contributed by atoms with van der Waals surface area (Å²) in [5, 5.41) is 19.6. The lowest BCUT2D eigenvalue weighted by Gasteiger charge is -2.34. The van der Waals surface area contributed by atoms with E-state index in [4.69, 9.17) is 4.74 Å². The van der Waals surface area contributed by atoms with Gasteiger partial charge in [-0.2, -0.15) is 0 Å². The highest BCUT2D eigenvalue weighted by Crippen LogP contribution is 2.22. The summed E-state index contributed by atoms with van der Waals surface area (Å²) in [5.74, 6) is -1.33. The minimum absolute atomic E-state index is 0.221. The quantitative estimate of drug-likeness (QED) is 0.323. The Hall–Kier alpha value is -4.47. The molecule has 2 bridgehead atoms. The van der Waals surface area contributed by atoms with Gasteiger partial charge in [0.1, 0.15) is 30.0 Å². The lowest BCUT2D eigenvalue weighted by Crippen LogP contribution is -2.62. The number of nitrogens with zero attached hydrogens (tertiary/aromatic N) is 1. The van der Waals surface area contributed by atoms with Crippen molar-refractivity contribution in [3.63, 3.8) is 0 Å². The Morgan fingerprint density at radius 2 is 1.56 bits per heavy atom. The van der Waals surface area contributed by atoms with Gasteiger partial charge in [-0.15, -0.1) is 0 Å². The zero-order chi connectivity index (χ0) is 30.9. The molecule has 3 aromatic carbocycles. The van der Waals surface area contributed by atoms with Gasteiger partial charge in [-0.25, -0.2) is 0 Å². The maximum absolute atomic E-state index is 14.1. The number of carbonyl (C=O) groups excluding carboxylic acids is 3. The van der Waals surface area contributed by atoms with Gasteiger partial charge >= 0.3 is 0 Å². The van der Waals surface area contributed by atoms with Gasteiger partial charge in [0.2, 0.25) is 17.7 Å². The Kier molecular flexibility index (Phi) is 10.7. The molecule has 43 heavy (non-hydrogen) atoms. The Balaban J connectivity index is 1.72. The van der Waals surface area contributed by atoms with Crippen LogP contribution in [0.25, 0.3) is 6.08 Å². The molecule has 3 amide bonds. The average molecular weight is 585 g/mol. The molecule has 2 aliphatic heterocycles. The summed E-state index contributed by atoms with van der Waals surface area (Å²) in [6, 6.07) is 22.3. The fraction of sp³-hybridized carbons (Fsp3) is 0.324. The maximum Gasteiger partial charge on any atom is 0.249 e. The molecule has 0 saturated heterocycles. The number of hydrogen-bond acceptors (Lipinski definition) is 6. The second kappa shape index (κ2) is 14.6. The topological polar surface area (TPSA) is 120 Å². The Morgan fingerprint density at radius 1 is 0.930 bits per heavy atom. The molecule has 9 heteroatoms. The monoisotopic (exact) mass is 584 g/mol. The molecule has 3 aromatic rings. The van der Waals surface area contributed by atoms with Crippen molar-refractivity contribution >= 4 is 23.8 Å². The number of benzene rings is 3. The van der Waals surface area contributed by atoms with Crippen molar-refractivity contribution in [1.82, 2.24) is 20.9 Å². The van der Waals surface area contributed by atoms with Crippen LogP contribution in [-0.2, 0) is 20.8 Å². The average Bonchev–Trinajstić information content (AvgIpc) is 3.00. The standard InChI is InChI=1S/C34H40N4O5/c1-22(2)31-29(37-32(40)27(38(3)4)21-24-11-7-5-8-12-24)34(42)36-28(30(39)25-13-9-6-10-14-25)33(41)35-20-19-23-15-17-26(43-31)18-16-23/h5-20,22,27-31,39H,21H2,1-4H3,(H,35,41)(H,36,42)(H,37,40)/b20-19-/t27-,28+,29+,30+,31-/m0/s1. The van der Waals surface area contributed by atoms with Crippen LogP contribution in [0.5, 0.6) is 5.75 Å². The van der Waals surface area contributed by atoms with Crippen LogP contribution in [0.15, 0.2) is 91.1 Å². The largest absolute Gasteiger partial charge is 0.487 e. The summed E-state index contributed by atoms with van der Waals surface area (Å²) in [5.41, 5.74) is 2.24. The zero-order valence-corrected chi connectivity index (χ0v) is 24.9. The summed E-state index contributed by atoms with van der Waals surface area (Å²) in [7, 11) is 3.62. The predicted molar refractivity (Wildman–Crippen MR) is 166 cm³/mol. The molecule has 0 saturated carbocycles. The molecule has 5 atom stereocenters. The molecular formula is C34H40N4O5. The van der Waals surface area contributed by atoms with Crippen molar-refractivity contribution < 1.29 is 24.2 Å². The third-order valence-electron chi connectivity index (χ3n) is 7.45. The molecule has 0 aromatic heterocycles. The van der Waals surface area contributed by atoms with E-state index in [9.17, 15) is 19.5 Å². The lowest BCUT2D eigenvalue weighted by atomic mass is 9.95. The molecule has 4 N–H and O–H groups in total. The van der Waals surface area contributed by atoms with Gasteiger partial charge in [0.25, 0.3) is 0 Å². The molecule has 226 valence electrons. The van der Waals surface area contributed by atoms with Crippen molar-refractivity contribution in [3.8, 4) is 5.75 Å². The highest BCUT2D eigenvalue weighted by atomic mass is 16.5. The highest BCUT2D eigenvalue weighted by Gasteiger charge is 2.39. The van der Waals surface area contributed by atoms with Crippen molar-refractivity contribution in [2.75, 3.05) is 14.1 Å². The number of likely N-dealkylation sites (N-methyl/N-ethyl adjacent to an activating group) is 1. The number of nitrogens with one attached hydrogen (secondary N) is 3. The van der Waals surface area contributed by atoms with E-state index in [1.54, 1.807) is 53.4 Å². The summed E-state index contributed by atoms with van der Waals surface area (Å²) in [4.78, 5) is 43.1. The molecule has 0 unspecified atom stereocenters. The number of hydrogen-bond donors (Lipinski definition) is 4. The molecule has 0 spiro atoms. The van der Waals surface area contributed by atoms with Crippen molar-refractivity contribution in [2.45, 2.75) is 50.6 Å². The lowest BCUT2D eigenvalue weighted by molar-refractivity contribution is -0.137. The van der Waals surface area contributed by atoms with Crippen LogP contribution < -0.4 is 20.7 Å². The first-order chi connectivity index (χ1) is 20.6. The van der Waals surface area contributed by atoms with E-state index in [2.05, 4.69) is 16.0 Å². The van der Waals surface area contributed by atoms with Gasteiger partial charge in [-0.1, -0.05) is 86.6 Å². The first-order valence-electron chi connectivity index (χ1n) is 14.4. The van der Waals surface area contributed by atoms with E-state index in [0.717, 1.165) is 11.1 Å². The van der Waals surface area contributed by atoms with E-state index in [1.807, 2.05) is 70.4 Å². The minimum Gasteiger partial charge on any atom is -0.487 e. The van der Waals surface area contributed by atoms with Gasteiger partial charge in [-0.05, 0) is 61.3 Å². The van der Waals surface area contributed by atoms with Gasteiger partial charge in [0.05, 0.1) is 6.04 Å². The summed E-state index contributed by atoms with van der Waals surface area (Å²) < 4.78 is 6.35. The van der Waals surface area contributed by atoms with E-state index in [-0.39, 0.29) is 11.8 Å². The molecule has 0 fully saturated rings. The molecule has 0 aliphatic carbocycles. The molecule has 0 radical (unpaired) electrons. The number of rotatable bonds is 8. The van der Waals surface area contributed by atoms with Crippen LogP contribution in [0.3, 0.4) is 0 Å².